The zero-order chi connectivity index (χ0) is 96.4. The highest BCUT2D eigenvalue weighted by atomic mass is 15.1. The van der Waals surface area contributed by atoms with E-state index in [2.05, 4.69) is 589 Å². The van der Waals surface area contributed by atoms with Crippen molar-refractivity contribution in [2.75, 3.05) is 47.8 Å². The number of nitrogens with zero attached hydrogens (tertiary/aromatic N) is 8. The molecule has 1 spiro atoms. The van der Waals surface area contributed by atoms with Gasteiger partial charge in [-0.1, -0.05) is 335 Å². The molecule has 0 aliphatic heterocycles. The number of hydrogen-bond donors (Lipinski definition) is 0. The van der Waals surface area contributed by atoms with Crippen molar-refractivity contribution in [2.45, 2.75) is 24.7 Å². The molecule has 3 aliphatic rings. The predicted molar refractivity (Wildman–Crippen MR) is 610 cm³/mol. The molecule has 0 unspecified atom stereocenters. The first-order valence-electron chi connectivity index (χ1n) is 49.8. The van der Waals surface area contributed by atoms with Crippen molar-refractivity contribution < 1.29 is 0 Å². The van der Waals surface area contributed by atoms with Gasteiger partial charge in [-0.3, -0.25) is 0 Å². The largest absolute Gasteiger partial charge is 0.345 e. The van der Waals surface area contributed by atoms with Crippen LogP contribution in [0, 0.1) is 0 Å². The molecule has 0 atom stereocenters. The second kappa shape index (κ2) is 35.0. The van der Waals surface area contributed by atoms with Crippen LogP contribution in [0.15, 0.2) is 510 Å². The fourth-order valence-electron chi connectivity index (χ4n) is 23.8. The van der Waals surface area contributed by atoms with E-state index in [-0.39, 0.29) is 10.8 Å². The van der Waals surface area contributed by atoms with Crippen LogP contribution in [0.2, 0.25) is 0 Å². The Morgan fingerprint density at radius 3 is 0.750 bits per heavy atom. The minimum Gasteiger partial charge on any atom is -0.345 e. The van der Waals surface area contributed by atoms with Crippen LogP contribution in [0.5, 0.6) is 0 Å². The Kier molecular flexibility index (Phi) is 20.9. The summed E-state index contributed by atoms with van der Waals surface area (Å²) in [5.74, 6) is 0. The maximum atomic E-state index is 2.44. The summed E-state index contributed by atoms with van der Waals surface area (Å²) in [7, 11) is 8.60. The Labute approximate surface area is 838 Å². The Hall–Kier alpha value is -18.2. The Bertz CT molecular complexity index is 9230. The number of fused-ring (bicyclic) bond motifs is 27. The maximum Gasteiger partial charge on any atom is 0.0726 e. The van der Waals surface area contributed by atoms with E-state index < -0.39 is 0 Å². The van der Waals surface area contributed by atoms with Crippen LogP contribution in [0.4, 0.5) is 45.5 Å². The number of rotatable bonds is 12. The van der Waals surface area contributed by atoms with Crippen molar-refractivity contribution >= 4 is 154 Å². The van der Waals surface area contributed by atoms with Gasteiger partial charge in [-0.15, -0.1) is 0 Å². The van der Waals surface area contributed by atoms with Crippen LogP contribution < -0.4 is 19.6 Å². The van der Waals surface area contributed by atoms with Crippen LogP contribution in [-0.2, 0) is 10.8 Å². The molecule has 0 amide bonds. The summed E-state index contributed by atoms with van der Waals surface area (Å²) in [6, 6.07) is 185. The molecule has 8 nitrogen and oxygen atoms in total. The van der Waals surface area contributed by atoms with Gasteiger partial charge in [0.1, 0.15) is 0 Å². The highest BCUT2D eigenvalue weighted by molar-refractivity contribution is 6.13. The zero-order valence-corrected chi connectivity index (χ0v) is 81.1. The summed E-state index contributed by atoms with van der Waals surface area (Å²) in [5, 5.41) is 15.3. The van der Waals surface area contributed by atoms with Crippen molar-refractivity contribution in [1.82, 2.24) is 18.3 Å². The van der Waals surface area contributed by atoms with E-state index in [1.807, 2.05) is 0 Å². The summed E-state index contributed by atoms with van der Waals surface area (Å²) in [5.41, 5.74) is 40.0. The molecule has 686 valence electrons. The smallest absolute Gasteiger partial charge is 0.0726 e. The van der Waals surface area contributed by atoms with Crippen LogP contribution in [0.25, 0.3) is 165 Å². The second-order valence-corrected chi connectivity index (χ2v) is 38.8. The van der Waals surface area contributed by atoms with Crippen LogP contribution in [0.3, 0.4) is 0 Å². The van der Waals surface area contributed by atoms with Gasteiger partial charge in [0.25, 0.3) is 0 Å². The SMILES string of the molecule is CN(c1ccc(-n2c3ccccc3c3ccccc32)cc1)c1ccc2c(c1)C(C)(C)c1ccccc1-2.CN(c1ccc(-n2c3ccccc3c3ccccc32)cc1)c1ccc2c(c1)C1(c3ccccc3-c3ccccc31)c1ccccc1-2.CN(c1ccc(-n2c3ccccc3c3ccccc32)cc1)c1ccc2ccccc2c1.CN(c1ccc(-n2c3ccccc3c3ccccc32)cc1)c1cccc2ccccc12. The third kappa shape index (κ3) is 14.0. The predicted octanol–water partition coefficient (Wildman–Crippen LogP) is 35.2. The first kappa shape index (κ1) is 86.1. The van der Waals surface area contributed by atoms with Crippen LogP contribution >= 0.6 is 0 Å². The van der Waals surface area contributed by atoms with Gasteiger partial charge in [0.15, 0.2) is 0 Å². The summed E-state index contributed by atoms with van der Waals surface area (Å²) in [6.45, 7) is 4.67. The number of para-hydroxylation sites is 8. The molecule has 3 aliphatic carbocycles. The molecule has 26 aromatic rings. The van der Waals surface area contributed by atoms with Crippen molar-refractivity contribution in [3.63, 3.8) is 0 Å². The minimum absolute atomic E-state index is 0.00314. The summed E-state index contributed by atoms with van der Waals surface area (Å²) < 4.78 is 9.44. The van der Waals surface area contributed by atoms with Gasteiger partial charge in [0.05, 0.1) is 49.5 Å². The number of aromatic nitrogens is 4. The lowest BCUT2D eigenvalue weighted by atomic mass is 9.70. The first-order valence-corrected chi connectivity index (χ1v) is 49.8. The molecule has 4 heterocycles. The van der Waals surface area contributed by atoms with Gasteiger partial charge in [-0.2, -0.15) is 0 Å². The number of benzene rings is 22. The lowest BCUT2D eigenvalue weighted by Crippen LogP contribution is -2.26. The van der Waals surface area contributed by atoms with Gasteiger partial charge < -0.3 is 37.9 Å². The highest BCUT2D eigenvalue weighted by Crippen LogP contribution is 2.64. The fraction of sp³-hybridized carbons (Fsp3) is 0.0588. The molecule has 0 N–H and O–H groups in total. The average molecular weight is 1850 g/mol. The standard InChI is InChI=1S/C44H30N2.C34H28N2.2C29H22N2/c1-45(29-22-24-30(25-23-29)46-42-20-10-5-15-36(42)37-16-6-11-21-43(37)46)31-26-27-35-34-14-4-9-19-40(34)44(41(35)28-31)38-17-7-2-12-32(38)33-13-3-8-18-39(33)44;1-34(2)30-13-7-4-10-26(30)27-21-20-25(22-31(27)34)35(3)23-16-18-24(19-17-23)36-32-14-8-5-11-28(32)29-12-6-9-15-33(29)36;1-30(27-16-8-10-21-9-2-3-11-24(21)27)22-17-19-23(20-18-22)31-28-14-6-4-12-25(28)26-13-5-7-15-29(26)31;1-30(25-15-14-21-8-2-3-9-22(21)20-25)23-16-18-24(19-17-23)31-28-12-6-4-10-26(28)27-11-5-7-13-29(27)31/h2-28H,1H3;4-22H,1-3H3;2*2-20H,1H3. The second-order valence-electron chi connectivity index (χ2n) is 38.8. The van der Waals surface area contributed by atoms with Crippen molar-refractivity contribution in [1.29, 1.82) is 0 Å². The lowest BCUT2D eigenvalue weighted by molar-refractivity contribution is 0.660. The molecule has 0 bridgehead atoms. The summed E-state index contributed by atoms with van der Waals surface area (Å²) in [6.07, 6.45) is 0. The highest BCUT2D eigenvalue weighted by Gasteiger charge is 2.52. The van der Waals surface area contributed by atoms with Gasteiger partial charge in [-0.05, 0) is 271 Å². The Balaban J connectivity index is 0.0000000994. The monoisotopic (exact) mass is 1850 g/mol. The normalized spacial score (nSPS) is 12.6. The van der Waals surface area contributed by atoms with E-state index in [1.165, 1.54) is 232 Å². The molecule has 22 aromatic carbocycles. The van der Waals surface area contributed by atoms with Crippen LogP contribution in [0.1, 0.15) is 47.2 Å². The van der Waals surface area contributed by atoms with Crippen molar-refractivity contribution in [3.05, 3.63) is 543 Å². The molecule has 4 aromatic heterocycles. The topological polar surface area (TPSA) is 32.7 Å². The van der Waals surface area contributed by atoms with Gasteiger partial charge in [0, 0.05) is 150 Å². The number of hydrogen-bond acceptors (Lipinski definition) is 4. The quantitative estimate of drug-likeness (QED) is 0.122. The Morgan fingerprint density at radius 1 is 0.160 bits per heavy atom. The molecule has 0 fully saturated rings. The molecule has 144 heavy (non-hydrogen) atoms. The Morgan fingerprint density at radius 2 is 0.396 bits per heavy atom. The van der Waals surface area contributed by atoms with Gasteiger partial charge in [0.2, 0.25) is 0 Å². The number of anilines is 8. The van der Waals surface area contributed by atoms with E-state index in [0.717, 1.165) is 11.4 Å². The first-order chi connectivity index (χ1) is 70.9. The molecule has 0 saturated heterocycles. The maximum absolute atomic E-state index is 2.44. The van der Waals surface area contributed by atoms with E-state index >= 15 is 0 Å². The lowest BCUT2D eigenvalue weighted by Gasteiger charge is -2.31. The molecule has 0 radical (unpaired) electrons. The summed E-state index contributed by atoms with van der Waals surface area (Å²) in [4.78, 5) is 9.11. The molecule has 29 rings (SSSR count). The van der Waals surface area contributed by atoms with E-state index in [9.17, 15) is 0 Å². The summed E-state index contributed by atoms with van der Waals surface area (Å²) >= 11 is 0. The van der Waals surface area contributed by atoms with Crippen molar-refractivity contribution in [2.24, 2.45) is 0 Å². The third-order valence-electron chi connectivity index (χ3n) is 30.9. The third-order valence-corrected chi connectivity index (χ3v) is 30.9. The van der Waals surface area contributed by atoms with Gasteiger partial charge in [-0.25, -0.2) is 0 Å². The average Bonchev–Trinajstić information content (AvgIpc) is 1.50. The fourth-order valence-corrected chi connectivity index (χ4v) is 23.8. The van der Waals surface area contributed by atoms with Crippen LogP contribution in [-0.4, -0.2) is 46.5 Å². The van der Waals surface area contributed by atoms with Gasteiger partial charge >= 0.3 is 0 Å². The zero-order valence-electron chi connectivity index (χ0n) is 81.1. The molecular formula is C136H102N8. The molecular weight excluding hydrogens is 1750 g/mol. The van der Waals surface area contributed by atoms with E-state index in [1.54, 1.807) is 0 Å². The molecule has 8 heteroatoms. The molecule has 0 saturated carbocycles. The minimum atomic E-state index is -0.337. The van der Waals surface area contributed by atoms with E-state index in [0.29, 0.717) is 0 Å². The van der Waals surface area contributed by atoms with Crippen molar-refractivity contribution in [3.8, 4) is 56.1 Å². The van der Waals surface area contributed by atoms with E-state index in [4.69, 9.17) is 0 Å².